The topological polar surface area (TPSA) is 63.3 Å². The average molecular weight is 281 g/mol. The monoisotopic (exact) mass is 281 g/mol. The zero-order valence-corrected chi connectivity index (χ0v) is 10.1. The number of benzene rings is 2. The standard InChI is InChI=1S/C14H10F3NO2/c15-14(16,17)9-4-5-11(12(18)7-9)13(20)8-2-1-3-10(19)6-8/h1-7,19H,18H2. The van der Waals surface area contributed by atoms with Crippen LogP contribution >= 0.6 is 0 Å². The molecule has 0 aliphatic rings. The Hall–Kier alpha value is -2.50. The van der Waals surface area contributed by atoms with Crippen molar-refractivity contribution in [1.82, 2.24) is 0 Å². The summed E-state index contributed by atoms with van der Waals surface area (Å²) in [5.41, 5.74) is 4.45. The molecule has 0 heterocycles. The molecule has 2 rings (SSSR count). The highest BCUT2D eigenvalue weighted by atomic mass is 19.4. The molecule has 6 heteroatoms. The molecule has 0 amide bonds. The van der Waals surface area contributed by atoms with Gasteiger partial charge in [0.2, 0.25) is 0 Å². The van der Waals surface area contributed by atoms with Crippen molar-refractivity contribution >= 4 is 11.5 Å². The lowest BCUT2D eigenvalue weighted by molar-refractivity contribution is -0.137. The second-order valence-corrected chi connectivity index (χ2v) is 4.18. The maximum Gasteiger partial charge on any atom is 0.416 e. The summed E-state index contributed by atoms with van der Waals surface area (Å²) in [6.45, 7) is 0. The number of hydrogen-bond donors (Lipinski definition) is 2. The Morgan fingerprint density at radius 1 is 1.10 bits per heavy atom. The van der Waals surface area contributed by atoms with Gasteiger partial charge in [-0.2, -0.15) is 13.2 Å². The lowest BCUT2D eigenvalue weighted by Gasteiger charge is -2.10. The van der Waals surface area contributed by atoms with Gasteiger partial charge in [-0.15, -0.1) is 0 Å². The Kier molecular flexibility index (Phi) is 3.40. The van der Waals surface area contributed by atoms with Crippen LogP contribution in [-0.4, -0.2) is 10.9 Å². The van der Waals surface area contributed by atoms with E-state index in [0.29, 0.717) is 0 Å². The fraction of sp³-hybridized carbons (Fsp3) is 0.0714. The lowest BCUT2D eigenvalue weighted by atomic mass is 10.00. The summed E-state index contributed by atoms with van der Waals surface area (Å²) >= 11 is 0. The van der Waals surface area contributed by atoms with Crippen LogP contribution in [0.25, 0.3) is 0 Å². The number of hydrogen-bond acceptors (Lipinski definition) is 3. The molecule has 3 nitrogen and oxygen atoms in total. The number of carbonyl (C=O) groups excluding carboxylic acids is 1. The van der Waals surface area contributed by atoms with Crippen molar-refractivity contribution in [3.8, 4) is 5.75 Å². The first-order chi connectivity index (χ1) is 9.29. The first-order valence-electron chi connectivity index (χ1n) is 5.59. The second-order valence-electron chi connectivity index (χ2n) is 4.18. The summed E-state index contributed by atoms with van der Waals surface area (Å²) in [5, 5.41) is 9.30. The van der Waals surface area contributed by atoms with Crippen LogP contribution in [0.5, 0.6) is 5.75 Å². The van der Waals surface area contributed by atoms with Crippen molar-refractivity contribution in [3.05, 3.63) is 59.2 Å². The highest BCUT2D eigenvalue weighted by Crippen LogP contribution is 2.32. The highest BCUT2D eigenvalue weighted by Gasteiger charge is 2.31. The predicted octanol–water partition coefficient (Wildman–Crippen LogP) is 3.22. The number of carbonyl (C=O) groups is 1. The van der Waals surface area contributed by atoms with Gasteiger partial charge in [0.25, 0.3) is 0 Å². The Morgan fingerprint density at radius 3 is 2.35 bits per heavy atom. The minimum Gasteiger partial charge on any atom is -0.508 e. The maximum absolute atomic E-state index is 12.5. The van der Waals surface area contributed by atoms with Crippen LogP contribution in [0, 0.1) is 0 Å². The number of alkyl halides is 3. The number of phenolic OH excluding ortho intramolecular Hbond substituents is 1. The van der Waals surface area contributed by atoms with Gasteiger partial charge in [-0.1, -0.05) is 12.1 Å². The molecule has 0 saturated carbocycles. The van der Waals surface area contributed by atoms with Crippen LogP contribution in [0.15, 0.2) is 42.5 Å². The van der Waals surface area contributed by atoms with E-state index in [4.69, 9.17) is 5.73 Å². The molecule has 0 atom stereocenters. The molecule has 0 aliphatic carbocycles. The first-order valence-corrected chi connectivity index (χ1v) is 5.59. The van der Waals surface area contributed by atoms with Crippen LogP contribution in [0.4, 0.5) is 18.9 Å². The van der Waals surface area contributed by atoms with Crippen molar-refractivity contribution in [2.75, 3.05) is 5.73 Å². The predicted molar refractivity (Wildman–Crippen MR) is 67.4 cm³/mol. The van der Waals surface area contributed by atoms with Crippen molar-refractivity contribution in [1.29, 1.82) is 0 Å². The number of phenols is 1. The molecule has 2 aromatic rings. The molecule has 104 valence electrons. The number of ketones is 1. The first kappa shape index (κ1) is 13.9. The zero-order valence-electron chi connectivity index (χ0n) is 10.1. The molecule has 0 unspecified atom stereocenters. The summed E-state index contributed by atoms with van der Waals surface area (Å²) in [5.74, 6) is -0.659. The van der Waals surface area contributed by atoms with Gasteiger partial charge in [0, 0.05) is 16.8 Å². The third-order valence-corrected chi connectivity index (χ3v) is 2.73. The largest absolute Gasteiger partial charge is 0.508 e. The van der Waals surface area contributed by atoms with Gasteiger partial charge in [0.1, 0.15) is 5.75 Å². The molecule has 2 aromatic carbocycles. The molecule has 0 aromatic heterocycles. The van der Waals surface area contributed by atoms with Gasteiger partial charge in [0.15, 0.2) is 5.78 Å². The molecule has 0 fully saturated rings. The number of aromatic hydroxyl groups is 1. The van der Waals surface area contributed by atoms with Crippen LogP contribution in [-0.2, 0) is 6.18 Å². The molecular weight excluding hydrogens is 271 g/mol. The summed E-state index contributed by atoms with van der Waals surface area (Å²) in [6.07, 6.45) is -4.51. The number of halogens is 3. The van der Waals surface area contributed by atoms with E-state index in [9.17, 15) is 23.1 Å². The average Bonchev–Trinajstić information content (AvgIpc) is 2.36. The maximum atomic E-state index is 12.5. The normalized spacial score (nSPS) is 11.3. The smallest absolute Gasteiger partial charge is 0.416 e. The highest BCUT2D eigenvalue weighted by molar-refractivity contribution is 6.12. The molecule has 0 bridgehead atoms. The second kappa shape index (κ2) is 4.88. The van der Waals surface area contributed by atoms with E-state index < -0.39 is 17.5 Å². The molecule has 20 heavy (non-hydrogen) atoms. The Labute approximate surface area is 112 Å². The van der Waals surface area contributed by atoms with Crippen LogP contribution in [0.2, 0.25) is 0 Å². The third-order valence-electron chi connectivity index (χ3n) is 2.73. The van der Waals surface area contributed by atoms with E-state index in [1.165, 1.54) is 24.3 Å². The lowest BCUT2D eigenvalue weighted by Crippen LogP contribution is -2.10. The minimum absolute atomic E-state index is 0.0383. The summed E-state index contributed by atoms with van der Waals surface area (Å²) in [7, 11) is 0. The van der Waals surface area contributed by atoms with Gasteiger partial charge in [0.05, 0.1) is 5.56 Å². The van der Waals surface area contributed by atoms with Gasteiger partial charge < -0.3 is 10.8 Å². The van der Waals surface area contributed by atoms with Crippen molar-refractivity contribution in [2.24, 2.45) is 0 Å². The summed E-state index contributed by atoms with van der Waals surface area (Å²) < 4.78 is 37.5. The van der Waals surface area contributed by atoms with Crippen molar-refractivity contribution < 1.29 is 23.1 Å². The molecule has 0 aliphatic heterocycles. The van der Waals surface area contributed by atoms with Crippen LogP contribution in [0.3, 0.4) is 0 Å². The van der Waals surface area contributed by atoms with E-state index in [0.717, 1.165) is 18.2 Å². The number of nitrogens with two attached hydrogens (primary N) is 1. The van der Waals surface area contributed by atoms with Crippen molar-refractivity contribution in [3.63, 3.8) is 0 Å². The molecule has 0 spiro atoms. The fourth-order valence-electron chi connectivity index (χ4n) is 1.75. The van der Waals surface area contributed by atoms with Gasteiger partial charge >= 0.3 is 6.18 Å². The van der Waals surface area contributed by atoms with E-state index in [2.05, 4.69) is 0 Å². The van der Waals surface area contributed by atoms with E-state index in [1.54, 1.807) is 0 Å². The van der Waals surface area contributed by atoms with Gasteiger partial charge in [-0.3, -0.25) is 4.79 Å². The summed E-state index contributed by atoms with van der Waals surface area (Å²) in [4.78, 5) is 12.1. The Morgan fingerprint density at radius 2 is 1.80 bits per heavy atom. The quantitative estimate of drug-likeness (QED) is 0.656. The summed E-state index contributed by atoms with van der Waals surface area (Å²) in [6, 6.07) is 8.06. The number of nitrogen functional groups attached to an aromatic ring is 1. The minimum atomic E-state index is -4.51. The number of rotatable bonds is 2. The van der Waals surface area contributed by atoms with Crippen LogP contribution < -0.4 is 5.73 Å². The SMILES string of the molecule is Nc1cc(C(F)(F)F)ccc1C(=O)c1cccc(O)c1. The molecule has 0 saturated heterocycles. The van der Waals surface area contributed by atoms with Gasteiger partial charge in [-0.05, 0) is 30.3 Å². The van der Waals surface area contributed by atoms with Gasteiger partial charge in [-0.25, -0.2) is 0 Å². The fourth-order valence-corrected chi connectivity index (χ4v) is 1.75. The molecule has 3 N–H and O–H groups in total. The zero-order chi connectivity index (χ0) is 14.9. The van der Waals surface area contributed by atoms with E-state index >= 15 is 0 Å². The van der Waals surface area contributed by atoms with E-state index in [-0.39, 0.29) is 22.6 Å². The molecular formula is C14H10F3NO2. The van der Waals surface area contributed by atoms with Crippen LogP contribution in [0.1, 0.15) is 21.5 Å². The van der Waals surface area contributed by atoms with Crippen molar-refractivity contribution in [2.45, 2.75) is 6.18 Å². The number of anilines is 1. The third kappa shape index (κ3) is 2.74. The van der Waals surface area contributed by atoms with E-state index in [1.807, 2.05) is 0 Å². The Balaban J connectivity index is 2.41. The molecule has 0 radical (unpaired) electrons. The Bertz CT molecular complexity index is 666.